The molecule has 5 heteroatoms. The van der Waals surface area contributed by atoms with Crippen molar-refractivity contribution in [2.24, 2.45) is 0 Å². The zero-order chi connectivity index (χ0) is 22.1. The molecule has 1 atom stereocenters. The summed E-state index contributed by atoms with van der Waals surface area (Å²) in [5, 5.41) is 9.25. The van der Waals surface area contributed by atoms with Crippen molar-refractivity contribution in [2.75, 3.05) is 0 Å². The minimum atomic E-state index is -0.299. The number of fused-ring (bicyclic) bond motifs is 1. The number of para-hydroxylation sites is 1. The lowest BCUT2D eigenvalue weighted by Gasteiger charge is -2.34. The average Bonchev–Trinajstić information content (AvgIpc) is 3.27. The molecule has 4 rings (SSSR count). The molecule has 3 nitrogen and oxygen atoms in total. The molecule has 0 amide bonds. The second-order valence-corrected chi connectivity index (χ2v) is 11.1. The zero-order valence-corrected chi connectivity index (χ0v) is 20.4. The Balaban J connectivity index is 1.70. The molecule has 0 N–H and O–H groups in total. The van der Waals surface area contributed by atoms with Crippen LogP contribution in [0.3, 0.4) is 0 Å². The van der Waals surface area contributed by atoms with E-state index in [1.807, 2.05) is 35.7 Å². The minimum absolute atomic E-state index is 0.299. The number of benzene rings is 2. The van der Waals surface area contributed by atoms with E-state index in [2.05, 4.69) is 83.1 Å². The lowest BCUT2D eigenvalue weighted by Crippen LogP contribution is -2.28. The van der Waals surface area contributed by atoms with E-state index < -0.39 is 0 Å². The molecule has 1 aliphatic rings. The van der Waals surface area contributed by atoms with E-state index in [1.165, 1.54) is 48.3 Å². The largest absolute Gasteiger partial charge is 0.218 e. The zero-order valence-electron chi connectivity index (χ0n) is 18.7. The van der Waals surface area contributed by atoms with Gasteiger partial charge in [-0.05, 0) is 60.2 Å². The summed E-state index contributed by atoms with van der Waals surface area (Å²) >= 11 is 3.84. The topological polar surface area (TPSA) is 30.7 Å². The van der Waals surface area contributed by atoms with Gasteiger partial charge in [-0.25, -0.2) is 4.68 Å². The Bertz CT molecular complexity index is 1100. The van der Waals surface area contributed by atoms with Gasteiger partial charge >= 0.3 is 0 Å². The molecule has 166 valence electrons. The number of aromatic nitrogens is 3. The molecule has 0 fully saturated rings. The quantitative estimate of drug-likeness (QED) is 0.117. The standard InChI is InChI=1S/C27H31N3S2/c1-2-3-4-5-6-15-22-27(31-23-16-9-7-10-17-23,32-24-18-11-8-12-19-24)30-26-21-14-13-20-25(26)28-29-30/h7,9-14,16-18,20-21H,2-6,15,19,22H2,1H3. The molecule has 1 unspecified atom stereocenters. The molecule has 0 bridgehead atoms. The first-order valence-electron chi connectivity index (χ1n) is 11.6. The van der Waals surface area contributed by atoms with Crippen LogP contribution in [0.5, 0.6) is 0 Å². The smallest absolute Gasteiger partial charge is 0.164 e. The Labute approximate surface area is 200 Å². The molecule has 2 aromatic carbocycles. The summed E-state index contributed by atoms with van der Waals surface area (Å²) in [7, 11) is 0. The van der Waals surface area contributed by atoms with Crippen LogP contribution in [0.1, 0.15) is 58.3 Å². The van der Waals surface area contributed by atoms with Crippen molar-refractivity contribution in [3.05, 3.63) is 83.5 Å². The van der Waals surface area contributed by atoms with Crippen LogP contribution < -0.4 is 0 Å². The van der Waals surface area contributed by atoms with Crippen molar-refractivity contribution in [2.45, 2.75) is 67.4 Å². The molecule has 0 spiro atoms. The lowest BCUT2D eigenvalue weighted by atomic mass is 10.1. The minimum Gasteiger partial charge on any atom is -0.218 e. The van der Waals surface area contributed by atoms with E-state index in [0.29, 0.717) is 0 Å². The van der Waals surface area contributed by atoms with Gasteiger partial charge in [-0.2, -0.15) is 0 Å². The van der Waals surface area contributed by atoms with E-state index in [-0.39, 0.29) is 4.20 Å². The summed E-state index contributed by atoms with van der Waals surface area (Å²) in [6.07, 6.45) is 16.0. The monoisotopic (exact) mass is 461 g/mol. The number of hydrogen-bond donors (Lipinski definition) is 0. The van der Waals surface area contributed by atoms with Crippen LogP contribution in [0.25, 0.3) is 11.0 Å². The van der Waals surface area contributed by atoms with Crippen LogP contribution in [-0.4, -0.2) is 15.0 Å². The summed E-state index contributed by atoms with van der Waals surface area (Å²) in [5.74, 6) is 0. The Kier molecular flexibility index (Phi) is 8.33. The molecular weight excluding hydrogens is 430 g/mol. The predicted molar refractivity (Wildman–Crippen MR) is 139 cm³/mol. The second-order valence-electron chi connectivity index (χ2n) is 8.11. The Morgan fingerprint density at radius 1 is 0.938 bits per heavy atom. The van der Waals surface area contributed by atoms with Gasteiger partial charge < -0.3 is 0 Å². The number of nitrogens with zero attached hydrogens (tertiary/aromatic N) is 3. The summed E-state index contributed by atoms with van der Waals surface area (Å²) in [5.41, 5.74) is 5.25. The van der Waals surface area contributed by atoms with E-state index in [1.54, 1.807) is 0 Å². The normalized spacial score (nSPS) is 15.1. The number of allylic oxidation sites excluding steroid dienone is 3. The highest BCUT2D eigenvalue weighted by Gasteiger charge is 2.37. The predicted octanol–water partition coefficient (Wildman–Crippen LogP) is 8.32. The summed E-state index contributed by atoms with van der Waals surface area (Å²) in [6, 6.07) is 19.0. The fourth-order valence-electron chi connectivity index (χ4n) is 3.95. The maximum atomic E-state index is 4.72. The highest BCUT2D eigenvalue weighted by molar-refractivity contribution is 8.19. The van der Waals surface area contributed by atoms with Gasteiger partial charge in [0.1, 0.15) is 5.52 Å². The third-order valence-corrected chi connectivity index (χ3v) is 8.58. The first kappa shape index (κ1) is 23.0. The maximum absolute atomic E-state index is 4.72. The van der Waals surface area contributed by atoms with Crippen molar-refractivity contribution in [1.29, 1.82) is 0 Å². The molecule has 0 radical (unpaired) electrons. The Hall–Kier alpha value is -2.20. The van der Waals surface area contributed by atoms with Crippen LogP contribution in [0.15, 0.2) is 88.4 Å². The van der Waals surface area contributed by atoms with Crippen molar-refractivity contribution in [3.8, 4) is 0 Å². The van der Waals surface area contributed by atoms with Gasteiger partial charge in [0.2, 0.25) is 0 Å². The number of rotatable bonds is 12. The van der Waals surface area contributed by atoms with Gasteiger partial charge in [0.25, 0.3) is 0 Å². The molecule has 32 heavy (non-hydrogen) atoms. The average molecular weight is 462 g/mol. The third-order valence-electron chi connectivity index (χ3n) is 5.62. The third kappa shape index (κ3) is 5.78. The van der Waals surface area contributed by atoms with Gasteiger partial charge in [0, 0.05) is 11.3 Å². The van der Waals surface area contributed by atoms with Crippen molar-refractivity contribution < 1.29 is 0 Å². The van der Waals surface area contributed by atoms with Gasteiger partial charge in [-0.15, -0.1) is 10.8 Å². The van der Waals surface area contributed by atoms with Gasteiger partial charge in [0.05, 0.1) is 5.52 Å². The van der Waals surface area contributed by atoms with E-state index in [9.17, 15) is 0 Å². The van der Waals surface area contributed by atoms with Gasteiger partial charge in [-0.3, -0.25) is 0 Å². The van der Waals surface area contributed by atoms with Crippen molar-refractivity contribution in [3.63, 3.8) is 0 Å². The van der Waals surface area contributed by atoms with Gasteiger partial charge in [-0.1, -0.05) is 98.1 Å². The lowest BCUT2D eigenvalue weighted by molar-refractivity contribution is 0.479. The van der Waals surface area contributed by atoms with E-state index in [4.69, 9.17) is 5.21 Å². The molecule has 0 saturated carbocycles. The highest BCUT2D eigenvalue weighted by atomic mass is 32.2. The fourth-order valence-corrected chi connectivity index (χ4v) is 7.04. The Morgan fingerprint density at radius 3 is 2.53 bits per heavy atom. The molecule has 0 aliphatic heterocycles. The van der Waals surface area contributed by atoms with E-state index in [0.717, 1.165) is 23.9 Å². The van der Waals surface area contributed by atoms with Crippen molar-refractivity contribution >= 4 is 34.6 Å². The number of unbranched alkanes of at least 4 members (excludes halogenated alkanes) is 5. The van der Waals surface area contributed by atoms with Crippen LogP contribution in [0.2, 0.25) is 0 Å². The summed E-state index contributed by atoms with van der Waals surface area (Å²) < 4.78 is 1.88. The molecule has 1 heterocycles. The molecular formula is C27H31N3S2. The Morgan fingerprint density at radius 2 is 1.72 bits per heavy atom. The van der Waals surface area contributed by atoms with Gasteiger partial charge in [0.15, 0.2) is 4.20 Å². The SMILES string of the molecule is CCCCCCCCC(SC1=CC=C=CC1)(Sc1ccccc1)n1nnc2ccccc21. The van der Waals surface area contributed by atoms with Crippen molar-refractivity contribution in [1.82, 2.24) is 15.0 Å². The first-order chi connectivity index (χ1) is 15.8. The summed E-state index contributed by atoms with van der Waals surface area (Å²) in [6.45, 7) is 2.27. The fraction of sp³-hybridized carbons (Fsp3) is 0.370. The number of thioether (sulfide) groups is 2. The molecule has 3 aromatic rings. The second kappa shape index (κ2) is 11.6. The highest BCUT2D eigenvalue weighted by Crippen LogP contribution is 2.53. The first-order valence-corrected chi connectivity index (χ1v) is 13.3. The maximum Gasteiger partial charge on any atom is 0.164 e. The van der Waals surface area contributed by atoms with Crippen LogP contribution in [-0.2, 0) is 4.20 Å². The van der Waals surface area contributed by atoms with E-state index >= 15 is 0 Å². The number of hydrogen-bond acceptors (Lipinski definition) is 4. The van der Waals surface area contributed by atoms with Crippen LogP contribution >= 0.6 is 23.5 Å². The molecule has 1 aliphatic carbocycles. The van der Waals surface area contributed by atoms with Crippen LogP contribution in [0.4, 0.5) is 0 Å². The molecule has 0 saturated heterocycles. The molecule has 1 aromatic heterocycles. The summed E-state index contributed by atoms with van der Waals surface area (Å²) in [4.78, 5) is 2.60. The van der Waals surface area contributed by atoms with Crippen LogP contribution in [0, 0.1) is 0 Å².